The van der Waals surface area contributed by atoms with E-state index in [4.69, 9.17) is 9.15 Å². The number of ether oxygens (including phenoxy) is 1. The normalized spacial score (nSPS) is 12.2. The number of fused-ring (bicyclic) bond motifs is 1. The van der Waals surface area contributed by atoms with Gasteiger partial charge in [0.05, 0.1) is 36.8 Å². The molecule has 178 valence electrons. The van der Waals surface area contributed by atoms with Crippen molar-refractivity contribution in [3.05, 3.63) is 65.0 Å². The van der Waals surface area contributed by atoms with E-state index < -0.39 is 0 Å². The average molecular weight is 464 g/mol. The van der Waals surface area contributed by atoms with Crippen molar-refractivity contribution < 1.29 is 13.9 Å². The molecule has 9 heteroatoms. The van der Waals surface area contributed by atoms with E-state index in [9.17, 15) is 9.59 Å². The Morgan fingerprint density at radius 3 is 2.82 bits per heavy atom. The van der Waals surface area contributed by atoms with Crippen LogP contribution in [0.2, 0.25) is 0 Å². The molecular formula is C25H29N5O4. The lowest BCUT2D eigenvalue weighted by atomic mass is 10.1. The Morgan fingerprint density at radius 1 is 1.24 bits per heavy atom. The van der Waals surface area contributed by atoms with Gasteiger partial charge in [-0.25, -0.2) is 9.97 Å². The number of carbonyl (C=O) groups excluding carboxylic acids is 1. The van der Waals surface area contributed by atoms with Crippen LogP contribution in [0.1, 0.15) is 54.7 Å². The number of Topliss-reactive ketones (excluding diaryl/α,β-unsaturated/α-hetero) is 1. The predicted molar refractivity (Wildman–Crippen MR) is 129 cm³/mol. The molecule has 0 aliphatic rings. The quantitative estimate of drug-likeness (QED) is 0.255. The number of aromatic nitrogens is 4. The molecule has 1 atom stereocenters. The maximum atomic E-state index is 12.0. The molecule has 0 aliphatic heterocycles. The molecule has 0 fully saturated rings. The second-order valence-corrected chi connectivity index (χ2v) is 8.23. The molecule has 3 aromatic heterocycles. The number of nitrogens with zero attached hydrogens (tertiary/aromatic N) is 3. The minimum absolute atomic E-state index is 0.0588. The van der Waals surface area contributed by atoms with Gasteiger partial charge in [-0.05, 0) is 37.4 Å². The summed E-state index contributed by atoms with van der Waals surface area (Å²) < 4.78 is 12.3. The summed E-state index contributed by atoms with van der Waals surface area (Å²) in [7, 11) is 5.28. The topological polar surface area (TPSA) is 115 Å². The molecule has 9 nitrogen and oxygen atoms in total. The molecule has 2 N–H and O–H groups in total. The summed E-state index contributed by atoms with van der Waals surface area (Å²) in [6, 6.07) is 7.32. The fraction of sp³-hybridized carbons (Fsp3) is 0.360. The molecule has 3 heterocycles. The Labute approximate surface area is 197 Å². The molecule has 1 unspecified atom stereocenters. The lowest BCUT2D eigenvalue weighted by molar-refractivity contribution is 0.0945. The summed E-state index contributed by atoms with van der Waals surface area (Å²) in [4.78, 5) is 35.9. The van der Waals surface area contributed by atoms with Crippen LogP contribution in [0.5, 0.6) is 5.75 Å². The van der Waals surface area contributed by atoms with Crippen LogP contribution in [-0.4, -0.2) is 39.5 Å². The van der Waals surface area contributed by atoms with Crippen molar-refractivity contribution in [2.45, 2.75) is 38.1 Å². The number of ketones is 1. The molecule has 0 saturated heterocycles. The van der Waals surface area contributed by atoms with Crippen LogP contribution >= 0.6 is 0 Å². The largest absolute Gasteiger partial charge is 0.496 e. The van der Waals surface area contributed by atoms with Gasteiger partial charge in [0, 0.05) is 31.2 Å². The van der Waals surface area contributed by atoms with Crippen molar-refractivity contribution in [1.29, 1.82) is 0 Å². The van der Waals surface area contributed by atoms with Crippen molar-refractivity contribution in [2.75, 3.05) is 14.2 Å². The molecule has 1 aromatic carbocycles. The van der Waals surface area contributed by atoms with Gasteiger partial charge in [-0.15, -0.1) is 0 Å². The number of H-pyrrole nitrogens is 1. The van der Waals surface area contributed by atoms with E-state index >= 15 is 0 Å². The average Bonchev–Trinajstić information content (AvgIpc) is 3.56. The maximum Gasteiger partial charge on any atom is 0.263 e. The summed E-state index contributed by atoms with van der Waals surface area (Å²) in [6.45, 7) is 0. The third kappa shape index (κ3) is 4.94. The van der Waals surface area contributed by atoms with E-state index in [1.165, 1.54) is 12.5 Å². The number of nitrogens with one attached hydrogen (secondary N) is 2. The van der Waals surface area contributed by atoms with Crippen LogP contribution < -0.4 is 15.6 Å². The van der Waals surface area contributed by atoms with Crippen LogP contribution in [0.3, 0.4) is 0 Å². The van der Waals surface area contributed by atoms with Crippen LogP contribution in [0.25, 0.3) is 22.2 Å². The number of unbranched alkanes of at least 4 members (excludes halogenated alkanes) is 2. The van der Waals surface area contributed by atoms with Crippen molar-refractivity contribution >= 4 is 16.7 Å². The van der Waals surface area contributed by atoms with Crippen LogP contribution in [-0.2, 0) is 7.05 Å². The SMILES string of the molecule is CNC(CCCCCC(=O)c1ncco1)c1ncc(-c2cc3ccc(=O)n(C)c3cc2OC)[nH]1. The fourth-order valence-corrected chi connectivity index (χ4v) is 4.13. The number of aromatic amines is 1. The zero-order valence-electron chi connectivity index (χ0n) is 19.6. The summed E-state index contributed by atoms with van der Waals surface area (Å²) in [6.07, 6.45) is 8.69. The van der Waals surface area contributed by atoms with E-state index in [0.717, 1.165) is 53.7 Å². The number of benzene rings is 1. The summed E-state index contributed by atoms with van der Waals surface area (Å²) >= 11 is 0. The highest BCUT2D eigenvalue weighted by molar-refractivity contribution is 5.91. The number of methoxy groups -OCH3 is 1. The molecule has 0 saturated carbocycles. The number of pyridine rings is 1. The Bertz CT molecular complexity index is 1320. The first kappa shape index (κ1) is 23.4. The predicted octanol–water partition coefficient (Wildman–Crippen LogP) is 4.02. The van der Waals surface area contributed by atoms with Crippen molar-refractivity contribution in [3.63, 3.8) is 0 Å². The molecule has 0 spiro atoms. The van der Waals surface area contributed by atoms with E-state index in [1.807, 2.05) is 25.2 Å². The molecule has 0 radical (unpaired) electrons. The number of carbonyl (C=O) groups is 1. The van der Waals surface area contributed by atoms with Gasteiger partial charge in [0.15, 0.2) is 0 Å². The Balaban J connectivity index is 1.42. The van der Waals surface area contributed by atoms with E-state index in [1.54, 1.807) is 31.0 Å². The second kappa shape index (κ2) is 10.5. The van der Waals surface area contributed by atoms with E-state index in [0.29, 0.717) is 12.2 Å². The van der Waals surface area contributed by atoms with Crippen LogP contribution in [0.15, 0.2) is 52.1 Å². The summed E-state index contributed by atoms with van der Waals surface area (Å²) in [5.74, 6) is 1.63. The summed E-state index contributed by atoms with van der Waals surface area (Å²) in [5.41, 5.74) is 2.47. The lowest BCUT2D eigenvalue weighted by Crippen LogP contribution is -2.17. The minimum atomic E-state index is -0.0648. The van der Waals surface area contributed by atoms with Gasteiger partial charge >= 0.3 is 0 Å². The molecular weight excluding hydrogens is 434 g/mol. The molecule has 0 aliphatic carbocycles. The summed E-state index contributed by atoms with van der Waals surface area (Å²) in [5, 5.41) is 4.27. The third-order valence-corrected chi connectivity index (χ3v) is 6.08. The third-order valence-electron chi connectivity index (χ3n) is 6.08. The minimum Gasteiger partial charge on any atom is -0.496 e. The standard InChI is InChI=1S/C25H29N5O4/c1-26-18(7-5-4-6-8-21(31)25-27-11-12-34-25)24-28-15-19(29-24)17-13-16-9-10-23(32)30(2)20(16)14-22(17)33-3/h9-15,18,26H,4-8H2,1-3H3,(H,28,29). The lowest BCUT2D eigenvalue weighted by Gasteiger charge is -2.14. The second-order valence-electron chi connectivity index (χ2n) is 8.23. The van der Waals surface area contributed by atoms with E-state index in [2.05, 4.69) is 20.3 Å². The zero-order valence-corrected chi connectivity index (χ0v) is 19.6. The highest BCUT2D eigenvalue weighted by atomic mass is 16.5. The number of imidazole rings is 1. The smallest absolute Gasteiger partial charge is 0.263 e. The van der Waals surface area contributed by atoms with Crippen molar-refractivity contribution in [2.24, 2.45) is 7.05 Å². The van der Waals surface area contributed by atoms with Gasteiger partial charge in [0.25, 0.3) is 11.4 Å². The number of oxazole rings is 1. The first-order valence-electron chi connectivity index (χ1n) is 11.3. The van der Waals surface area contributed by atoms with Crippen molar-refractivity contribution in [1.82, 2.24) is 24.8 Å². The van der Waals surface area contributed by atoms with Gasteiger partial charge in [0.2, 0.25) is 5.78 Å². The van der Waals surface area contributed by atoms with Crippen molar-refractivity contribution in [3.8, 4) is 17.0 Å². The van der Waals surface area contributed by atoms with Gasteiger partial charge in [-0.3, -0.25) is 9.59 Å². The molecule has 4 rings (SSSR count). The number of rotatable bonds is 11. The maximum absolute atomic E-state index is 12.0. The molecule has 0 bridgehead atoms. The monoisotopic (exact) mass is 463 g/mol. The van der Waals surface area contributed by atoms with E-state index in [-0.39, 0.29) is 23.3 Å². The highest BCUT2D eigenvalue weighted by Crippen LogP contribution is 2.33. The number of hydrogen-bond acceptors (Lipinski definition) is 7. The Morgan fingerprint density at radius 2 is 2.09 bits per heavy atom. The van der Waals surface area contributed by atoms with Gasteiger partial charge in [0.1, 0.15) is 17.8 Å². The molecule has 0 amide bonds. The number of aryl methyl sites for hydroxylation is 1. The zero-order chi connectivity index (χ0) is 24.1. The first-order chi connectivity index (χ1) is 16.5. The van der Waals surface area contributed by atoms with Crippen LogP contribution in [0, 0.1) is 0 Å². The van der Waals surface area contributed by atoms with Gasteiger partial charge in [-0.1, -0.05) is 12.8 Å². The fourth-order valence-electron chi connectivity index (χ4n) is 4.13. The van der Waals surface area contributed by atoms with Gasteiger partial charge in [-0.2, -0.15) is 0 Å². The Kier molecular flexibility index (Phi) is 7.22. The molecule has 4 aromatic rings. The number of hydrogen-bond donors (Lipinski definition) is 2. The van der Waals surface area contributed by atoms with Gasteiger partial charge < -0.3 is 24.0 Å². The van der Waals surface area contributed by atoms with Crippen LogP contribution in [0.4, 0.5) is 0 Å². The highest BCUT2D eigenvalue weighted by Gasteiger charge is 2.17. The Hall–Kier alpha value is -3.72. The molecule has 34 heavy (non-hydrogen) atoms. The first-order valence-corrected chi connectivity index (χ1v) is 11.3.